The van der Waals surface area contributed by atoms with Crippen LogP contribution in [0.5, 0.6) is 0 Å². The molecule has 0 aliphatic heterocycles. The van der Waals surface area contributed by atoms with Crippen LogP contribution in [0.3, 0.4) is 0 Å². The Morgan fingerprint density at radius 3 is 2.38 bits per heavy atom. The predicted molar refractivity (Wildman–Crippen MR) is 55.8 cm³/mol. The van der Waals surface area contributed by atoms with Gasteiger partial charge in [-0.1, -0.05) is 27.2 Å². The highest BCUT2D eigenvalue weighted by molar-refractivity contribution is 4.56. The van der Waals surface area contributed by atoms with Gasteiger partial charge < -0.3 is 9.84 Å². The van der Waals surface area contributed by atoms with Crippen LogP contribution in [-0.4, -0.2) is 24.9 Å². The van der Waals surface area contributed by atoms with Crippen molar-refractivity contribution < 1.29 is 9.84 Å². The predicted octanol–water partition coefficient (Wildman–Crippen LogP) is 2.46. The highest BCUT2D eigenvalue weighted by Crippen LogP contribution is 2.10. The average Bonchev–Trinajstić information content (AvgIpc) is 2.10. The van der Waals surface area contributed by atoms with E-state index in [-0.39, 0.29) is 0 Å². The Kier molecular flexibility index (Phi) is 8.46. The van der Waals surface area contributed by atoms with E-state index in [0.29, 0.717) is 18.4 Å². The van der Waals surface area contributed by atoms with Crippen LogP contribution in [0.15, 0.2) is 0 Å². The third-order valence-electron chi connectivity index (χ3n) is 2.08. The van der Waals surface area contributed by atoms with E-state index in [2.05, 4.69) is 20.8 Å². The lowest BCUT2D eigenvalue weighted by Gasteiger charge is -2.13. The Balaban J connectivity index is 3.27. The molecule has 0 amide bonds. The molecule has 1 N–H and O–H groups in total. The van der Waals surface area contributed by atoms with E-state index in [1.165, 1.54) is 0 Å². The van der Waals surface area contributed by atoms with Crippen LogP contribution in [0.4, 0.5) is 0 Å². The summed E-state index contributed by atoms with van der Waals surface area (Å²) in [7, 11) is 0. The molecule has 0 rings (SSSR count). The van der Waals surface area contributed by atoms with Crippen LogP contribution in [0, 0.1) is 11.8 Å². The molecule has 0 bridgehead atoms. The second-order valence-corrected chi connectivity index (χ2v) is 4.09. The number of aliphatic hydroxyl groups is 1. The normalized spacial score (nSPS) is 13.6. The SMILES string of the molecule is CCCC(CO)CCOCC(C)C. The first-order valence-corrected chi connectivity index (χ1v) is 5.39. The van der Waals surface area contributed by atoms with E-state index in [0.717, 1.165) is 32.5 Å². The lowest BCUT2D eigenvalue weighted by molar-refractivity contribution is 0.0860. The van der Waals surface area contributed by atoms with E-state index in [4.69, 9.17) is 9.84 Å². The minimum atomic E-state index is 0.304. The van der Waals surface area contributed by atoms with E-state index >= 15 is 0 Å². The molecule has 0 fully saturated rings. The van der Waals surface area contributed by atoms with Crippen molar-refractivity contribution in [1.82, 2.24) is 0 Å². The van der Waals surface area contributed by atoms with Gasteiger partial charge in [0, 0.05) is 19.8 Å². The minimum absolute atomic E-state index is 0.304. The molecule has 0 saturated carbocycles. The maximum atomic E-state index is 9.01. The first-order valence-electron chi connectivity index (χ1n) is 5.39. The molecule has 1 atom stereocenters. The highest BCUT2D eigenvalue weighted by atomic mass is 16.5. The molecule has 0 saturated heterocycles. The van der Waals surface area contributed by atoms with E-state index in [1.807, 2.05) is 0 Å². The van der Waals surface area contributed by atoms with Crippen molar-refractivity contribution in [2.24, 2.45) is 11.8 Å². The second-order valence-electron chi connectivity index (χ2n) is 4.09. The number of hydrogen-bond acceptors (Lipinski definition) is 2. The van der Waals surface area contributed by atoms with Gasteiger partial charge in [0.1, 0.15) is 0 Å². The van der Waals surface area contributed by atoms with Gasteiger partial charge in [0.15, 0.2) is 0 Å². The lowest BCUT2D eigenvalue weighted by atomic mass is 10.0. The van der Waals surface area contributed by atoms with Gasteiger partial charge in [-0.15, -0.1) is 0 Å². The van der Waals surface area contributed by atoms with Gasteiger partial charge in [0.25, 0.3) is 0 Å². The molecule has 1 unspecified atom stereocenters. The molecule has 0 aliphatic carbocycles. The second kappa shape index (κ2) is 8.52. The lowest BCUT2D eigenvalue weighted by Crippen LogP contribution is -2.11. The van der Waals surface area contributed by atoms with Crippen molar-refractivity contribution in [3.63, 3.8) is 0 Å². The fourth-order valence-corrected chi connectivity index (χ4v) is 1.30. The van der Waals surface area contributed by atoms with Gasteiger partial charge in [-0.2, -0.15) is 0 Å². The molecule has 0 spiro atoms. The molecule has 0 aromatic carbocycles. The maximum absolute atomic E-state index is 9.01. The van der Waals surface area contributed by atoms with Crippen LogP contribution in [-0.2, 0) is 4.74 Å². The number of ether oxygens (including phenoxy) is 1. The molecular weight excluding hydrogens is 164 g/mol. The summed E-state index contributed by atoms with van der Waals surface area (Å²) in [5.41, 5.74) is 0. The summed E-state index contributed by atoms with van der Waals surface area (Å²) in [5, 5.41) is 9.01. The molecule has 80 valence electrons. The standard InChI is InChI=1S/C11H24O2/c1-4-5-11(8-12)6-7-13-9-10(2)3/h10-12H,4-9H2,1-3H3. The molecule has 0 radical (unpaired) electrons. The van der Waals surface area contributed by atoms with Crippen molar-refractivity contribution >= 4 is 0 Å². The topological polar surface area (TPSA) is 29.5 Å². The van der Waals surface area contributed by atoms with Gasteiger partial charge in [-0.05, 0) is 24.7 Å². The van der Waals surface area contributed by atoms with Crippen LogP contribution >= 0.6 is 0 Å². The van der Waals surface area contributed by atoms with Gasteiger partial charge in [-0.3, -0.25) is 0 Å². The fourth-order valence-electron chi connectivity index (χ4n) is 1.30. The number of rotatable bonds is 8. The molecule has 0 aliphatic rings. The Morgan fingerprint density at radius 1 is 1.23 bits per heavy atom. The summed E-state index contributed by atoms with van der Waals surface area (Å²) < 4.78 is 5.46. The van der Waals surface area contributed by atoms with Gasteiger partial charge in [-0.25, -0.2) is 0 Å². The van der Waals surface area contributed by atoms with Crippen LogP contribution in [0.1, 0.15) is 40.0 Å². The first-order chi connectivity index (χ1) is 6.20. The first kappa shape index (κ1) is 12.9. The van der Waals surface area contributed by atoms with E-state index < -0.39 is 0 Å². The zero-order valence-corrected chi connectivity index (χ0v) is 9.25. The van der Waals surface area contributed by atoms with Crippen molar-refractivity contribution in [2.75, 3.05) is 19.8 Å². The van der Waals surface area contributed by atoms with Crippen LogP contribution in [0.2, 0.25) is 0 Å². The van der Waals surface area contributed by atoms with Crippen LogP contribution < -0.4 is 0 Å². The average molecular weight is 188 g/mol. The van der Waals surface area contributed by atoms with Crippen molar-refractivity contribution in [1.29, 1.82) is 0 Å². The molecule has 2 heteroatoms. The van der Waals surface area contributed by atoms with Crippen molar-refractivity contribution in [3.05, 3.63) is 0 Å². The van der Waals surface area contributed by atoms with Crippen LogP contribution in [0.25, 0.3) is 0 Å². The Labute approximate surface area is 82.3 Å². The molecular formula is C11H24O2. The zero-order chi connectivity index (χ0) is 10.1. The van der Waals surface area contributed by atoms with E-state index in [1.54, 1.807) is 0 Å². The summed E-state index contributed by atoms with van der Waals surface area (Å²) in [4.78, 5) is 0. The summed E-state index contributed by atoms with van der Waals surface area (Å²) in [5.74, 6) is 1.05. The Morgan fingerprint density at radius 2 is 1.92 bits per heavy atom. The smallest absolute Gasteiger partial charge is 0.0488 e. The molecule has 13 heavy (non-hydrogen) atoms. The molecule has 0 heterocycles. The maximum Gasteiger partial charge on any atom is 0.0488 e. The van der Waals surface area contributed by atoms with Gasteiger partial charge >= 0.3 is 0 Å². The fraction of sp³-hybridized carbons (Fsp3) is 1.00. The highest BCUT2D eigenvalue weighted by Gasteiger charge is 2.05. The Hall–Kier alpha value is -0.0800. The third kappa shape index (κ3) is 8.26. The molecule has 0 aromatic heterocycles. The van der Waals surface area contributed by atoms with Crippen molar-refractivity contribution in [3.8, 4) is 0 Å². The Bertz CT molecular complexity index is 102. The quantitative estimate of drug-likeness (QED) is 0.593. The number of hydrogen-bond donors (Lipinski definition) is 1. The van der Waals surface area contributed by atoms with Gasteiger partial charge in [0.05, 0.1) is 0 Å². The summed E-state index contributed by atoms with van der Waals surface area (Å²) in [6, 6.07) is 0. The van der Waals surface area contributed by atoms with Crippen molar-refractivity contribution in [2.45, 2.75) is 40.0 Å². The summed E-state index contributed by atoms with van der Waals surface area (Å²) in [6.07, 6.45) is 3.26. The summed E-state index contributed by atoms with van der Waals surface area (Å²) in [6.45, 7) is 8.38. The summed E-state index contributed by atoms with van der Waals surface area (Å²) >= 11 is 0. The van der Waals surface area contributed by atoms with Gasteiger partial charge in [0.2, 0.25) is 0 Å². The molecule has 2 nitrogen and oxygen atoms in total. The third-order valence-corrected chi connectivity index (χ3v) is 2.08. The zero-order valence-electron chi connectivity index (χ0n) is 9.25. The largest absolute Gasteiger partial charge is 0.396 e. The monoisotopic (exact) mass is 188 g/mol. The molecule has 0 aromatic rings. The number of aliphatic hydroxyl groups excluding tert-OH is 1. The van der Waals surface area contributed by atoms with E-state index in [9.17, 15) is 0 Å². The minimum Gasteiger partial charge on any atom is -0.396 e.